The molecule has 7 nitrogen and oxygen atoms in total. The number of nitrogens with one attached hydrogen (secondary N) is 1. The first-order valence-corrected chi connectivity index (χ1v) is 9.46. The fourth-order valence-electron chi connectivity index (χ4n) is 2.70. The Labute approximate surface area is 170 Å². The van der Waals surface area contributed by atoms with Gasteiger partial charge in [0, 0.05) is 12.0 Å². The second kappa shape index (κ2) is 10.9. The predicted octanol–water partition coefficient (Wildman–Crippen LogP) is 3.09. The minimum absolute atomic E-state index is 0.126. The van der Waals surface area contributed by atoms with E-state index in [-0.39, 0.29) is 12.2 Å². The van der Waals surface area contributed by atoms with Crippen molar-refractivity contribution in [3.8, 4) is 17.2 Å². The molecule has 2 aromatic carbocycles. The first kappa shape index (κ1) is 22.1. The smallest absolute Gasteiger partial charge is 0.328 e. The fraction of sp³-hybridized carbons (Fsp3) is 0.364. The maximum Gasteiger partial charge on any atom is 0.328 e. The Morgan fingerprint density at radius 1 is 1.07 bits per heavy atom. The average molecular weight is 401 g/mol. The summed E-state index contributed by atoms with van der Waals surface area (Å²) in [4.78, 5) is 24.9. The van der Waals surface area contributed by atoms with Crippen molar-refractivity contribution in [2.24, 2.45) is 0 Å². The van der Waals surface area contributed by atoms with Gasteiger partial charge in [0.25, 0.3) is 5.91 Å². The molecule has 1 amide bonds. The van der Waals surface area contributed by atoms with Crippen LogP contribution in [-0.2, 0) is 16.0 Å². The Bertz CT molecular complexity index is 819. The Morgan fingerprint density at radius 2 is 1.79 bits per heavy atom. The Balaban J connectivity index is 2.16. The molecule has 0 saturated carbocycles. The lowest BCUT2D eigenvalue weighted by molar-refractivity contribution is -0.142. The third-order valence-electron chi connectivity index (χ3n) is 4.35. The topological polar surface area (TPSA) is 94.1 Å². The summed E-state index contributed by atoms with van der Waals surface area (Å²) in [5.41, 5.74) is 1.12. The zero-order valence-corrected chi connectivity index (χ0v) is 16.9. The van der Waals surface area contributed by atoms with Gasteiger partial charge in [0.1, 0.15) is 11.8 Å². The first-order valence-electron chi connectivity index (χ1n) is 9.46. The fourth-order valence-corrected chi connectivity index (χ4v) is 2.70. The van der Waals surface area contributed by atoms with Crippen LogP contribution in [0.4, 0.5) is 0 Å². The molecule has 2 aromatic rings. The molecule has 7 heteroatoms. The minimum Gasteiger partial charge on any atom is -0.508 e. The van der Waals surface area contributed by atoms with Crippen molar-refractivity contribution < 1.29 is 28.9 Å². The normalized spacial score (nSPS) is 11.4. The summed E-state index contributed by atoms with van der Waals surface area (Å²) in [6, 6.07) is 10.4. The molecule has 1 unspecified atom stereocenters. The highest BCUT2D eigenvalue weighted by atomic mass is 16.5. The van der Waals surface area contributed by atoms with Crippen LogP contribution < -0.4 is 14.8 Å². The number of phenols is 1. The van der Waals surface area contributed by atoms with Gasteiger partial charge in [-0.25, -0.2) is 4.79 Å². The highest BCUT2D eigenvalue weighted by Crippen LogP contribution is 2.28. The summed E-state index contributed by atoms with van der Waals surface area (Å²) in [6.45, 7) is 2.58. The Hall–Kier alpha value is -3.22. The van der Waals surface area contributed by atoms with Gasteiger partial charge in [-0.15, -0.1) is 0 Å². The van der Waals surface area contributed by atoms with Gasteiger partial charge in [-0.3, -0.25) is 4.79 Å². The molecule has 2 rings (SSSR count). The number of esters is 1. The highest BCUT2D eigenvalue weighted by Gasteiger charge is 2.23. The van der Waals surface area contributed by atoms with Crippen molar-refractivity contribution >= 4 is 11.9 Å². The van der Waals surface area contributed by atoms with Crippen molar-refractivity contribution in [1.82, 2.24) is 5.32 Å². The second-order valence-corrected chi connectivity index (χ2v) is 6.49. The van der Waals surface area contributed by atoms with E-state index in [1.165, 1.54) is 26.4 Å². The van der Waals surface area contributed by atoms with E-state index in [4.69, 9.17) is 14.2 Å². The van der Waals surface area contributed by atoms with Crippen LogP contribution in [0.15, 0.2) is 42.5 Å². The number of carbonyl (C=O) groups is 2. The average Bonchev–Trinajstić information content (AvgIpc) is 2.74. The van der Waals surface area contributed by atoms with Crippen molar-refractivity contribution in [3.63, 3.8) is 0 Å². The molecule has 0 bridgehead atoms. The van der Waals surface area contributed by atoms with E-state index >= 15 is 0 Å². The van der Waals surface area contributed by atoms with E-state index in [0.717, 1.165) is 18.4 Å². The van der Waals surface area contributed by atoms with Crippen molar-refractivity contribution in [3.05, 3.63) is 53.6 Å². The van der Waals surface area contributed by atoms with Crippen molar-refractivity contribution in [1.29, 1.82) is 0 Å². The number of unbranched alkanes of at least 4 members (excludes halogenated alkanes) is 1. The number of benzene rings is 2. The zero-order chi connectivity index (χ0) is 21.2. The molecule has 0 radical (unpaired) electrons. The molecule has 0 aliphatic heterocycles. The molecule has 0 aromatic heterocycles. The lowest BCUT2D eigenvalue weighted by atomic mass is 10.0. The van der Waals surface area contributed by atoms with Gasteiger partial charge >= 0.3 is 5.97 Å². The molecular weight excluding hydrogens is 374 g/mol. The number of phenolic OH excluding ortho intramolecular Hbond substituents is 1. The van der Waals surface area contributed by atoms with Gasteiger partial charge < -0.3 is 24.6 Å². The molecule has 0 saturated heterocycles. The number of ether oxygens (including phenoxy) is 3. The first-order chi connectivity index (χ1) is 14.0. The number of methoxy groups -OCH3 is 2. The molecule has 0 spiro atoms. The SMILES string of the molecule is CCCCOc1cc(C(=O)NC(Cc2ccc(O)cc2)C(=O)OC)ccc1OC. The van der Waals surface area contributed by atoms with Crippen LogP contribution in [-0.4, -0.2) is 43.9 Å². The largest absolute Gasteiger partial charge is 0.508 e. The highest BCUT2D eigenvalue weighted by molar-refractivity contribution is 5.97. The summed E-state index contributed by atoms with van der Waals surface area (Å²) in [5, 5.41) is 12.1. The molecule has 0 fully saturated rings. The van der Waals surface area contributed by atoms with Crippen LogP contribution in [0.2, 0.25) is 0 Å². The molecule has 1 atom stereocenters. The lowest BCUT2D eigenvalue weighted by Crippen LogP contribution is -2.43. The van der Waals surface area contributed by atoms with Crippen LogP contribution in [0.25, 0.3) is 0 Å². The third-order valence-corrected chi connectivity index (χ3v) is 4.35. The van der Waals surface area contributed by atoms with Crippen LogP contribution in [0, 0.1) is 0 Å². The summed E-state index contributed by atoms with van der Waals surface area (Å²) in [6.07, 6.45) is 2.10. The van der Waals surface area contributed by atoms with E-state index in [1.807, 2.05) is 0 Å². The number of carbonyl (C=O) groups excluding carboxylic acids is 2. The molecule has 0 aliphatic rings. The number of amides is 1. The van der Waals surface area contributed by atoms with Gasteiger partial charge in [0.2, 0.25) is 0 Å². The summed E-state index contributed by atoms with van der Waals surface area (Å²) in [5.74, 6) is 0.149. The van der Waals surface area contributed by atoms with Crippen LogP contribution >= 0.6 is 0 Å². The number of hydrogen-bond acceptors (Lipinski definition) is 6. The number of hydrogen-bond donors (Lipinski definition) is 2. The van der Waals surface area contributed by atoms with Crippen LogP contribution in [0.5, 0.6) is 17.2 Å². The third kappa shape index (κ3) is 6.41. The van der Waals surface area contributed by atoms with Crippen molar-refractivity contribution in [2.75, 3.05) is 20.8 Å². The lowest BCUT2D eigenvalue weighted by Gasteiger charge is -2.17. The summed E-state index contributed by atoms with van der Waals surface area (Å²) >= 11 is 0. The van der Waals surface area contributed by atoms with Crippen molar-refractivity contribution in [2.45, 2.75) is 32.2 Å². The standard InChI is InChI=1S/C22H27NO6/c1-4-5-12-29-20-14-16(8-11-19(20)27-2)21(25)23-18(22(26)28-3)13-15-6-9-17(24)10-7-15/h6-11,14,18,24H,4-5,12-13H2,1-3H3,(H,23,25). The molecule has 29 heavy (non-hydrogen) atoms. The molecule has 2 N–H and O–H groups in total. The molecule has 156 valence electrons. The van der Waals surface area contributed by atoms with E-state index in [1.54, 1.807) is 30.3 Å². The van der Waals surface area contributed by atoms with Gasteiger partial charge in [0.05, 0.1) is 20.8 Å². The number of rotatable bonds is 10. The number of aromatic hydroxyl groups is 1. The minimum atomic E-state index is -0.872. The van der Waals surface area contributed by atoms with Crippen LogP contribution in [0.1, 0.15) is 35.7 Å². The molecule has 0 heterocycles. The van der Waals surface area contributed by atoms with E-state index in [2.05, 4.69) is 12.2 Å². The van der Waals surface area contributed by atoms with Gasteiger partial charge in [-0.05, 0) is 42.3 Å². The van der Waals surface area contributed by atoms with Gasteiger partial charge in [-0.2, -0.15) is 0 Å². The predicted molar refractivity (Wildman–Crippen MR) is 108 cm³/mol. The van der Waals surface area contributed by atoms with Gasteiger partial charge in [-0.1, -0.05) is 25.5 Å². The van der Waals surface area contributed by atoms with Crippen LogP contribution in [0.3, 0.4) is 0 Å². The molecular formula is C22H27NO6. The maximum absolute atomic E-state index is 12.7. The Kier molecular flexibility index (Phi) is 8.33. The molecule has 0 aliphatic carbocycles. The summed E-state index contributed by atoms with van der Waals surface area (Å²) < 4.78 is 15.8. The quantitative estimate of drug-likeness (QED) is 0.469. The Morgan fingerprint density at radius 3 is 2.41 bits per heavy atom. The summed E-state index contributed by atoms with van der Waals surface area (Å²) in [7, 11) is 2.80. The van der Waals surface area contributed by atoms with E-state index in [0.29, 0.717) is 23.7 Å². The van der Waals surface area contributed by atoms with E-state index in [9.17, 15) is 14.7 Å². The monoisotopic (exact) mass is 401 g/mol. The van der Waals surface area contributed by atoms with Gasteiger partial charge in [0.15, 0.2) is 11.5 Å². The maximum atomic E-state index is 12.7. The zero-order valence-electron chi connectivity index (χ0n) is 16.9. The van der Waals surface area contributed by atoms with E-state index < -0.39 is 17.9 Å². The second-order valence-electron chi connectivity index (χ2n) is 6.49.